The fourth-order valence-electron chi connectivity index (χ4n) is 3.79. The summed E-state index contributed by atoms with van der Waals surface area (Å²) >= 11 is 3.43. The quantitative estimate of drug-likeness (QED) is 0.665. The van der Waals surface area contributed by atoms with Crippen molar-refractivity contribution < 1.29 is 19.1 Å². The van der Waals surface area contributed by atoms with Gasteiger partial charge < -0.3 is 15.0 Å². The van der Waals surface area contributed by atoms with Crippen LogP contribution in [0.3, 0.4) is 0 Å². The molecule has 0 bridgehead atoms. The second-order valence-corrected chi connectivity index (χ2v) is 8.37. The number of carbonyl (C=O) groups excluding carboxylic acids is 3. The Labute approximate surface area is 184 Å². The van der Waals surface area contributed by atoms with Gasteiger partial charge in [0, 0.05) is 11.9 Å². The number of carbonyl (C=O) groups is 3. The lowest BCUT2D eigenvalue weighted by atomic mass is 10.0. The molecule has 2 unspecified atom stereocenters. The lowest BCUT2D eigenvalue weighted by Crippen LogP contribution is -2.55. The first-order valence-corrected chi connectivity index (χ1v) is 10.7. The van der Waals surface area contributed by atoms with Gasteiger partial charge in [0.2, 0.25) is 5.91 Å². The molecule has 3 rings (SSSR count). The van der Waals surface area contributed by atoms with E-state index in [-0.39, 0.29) is 17.7 Å². The van der Waals surface area contributed by atoms with Gasteiger partial charge in [-0.25, -0.2) is 8.72 Å². The first-order chi connectivity index (χ1) is 14.3. The minimum atomic E-state index is -0.757. The Morgan fingerprint density at radius 2 is 1.87 bits per heavy atom. The number of likely N-dealkylation sites (tertiary alicyclic amines) is 1. The van der Waals surface area contributed by atoms with Crippen LogP contribution < -0.4 is 9.24 Å². The SMILES string of the molecule is COC(=O)NC(C(=O)N1CCCC1C(=O)N(Br)c1cccc2ccccc12)C(C)C. The van der Waals surface area contributed by atoms with E-state index in [9.17, 15) is 14.4 Å². The Bertz CT molecular complexity index is 944. The Balaban J connectivity index is 1.84. The molecular weight excluding hydrogens is 450 g/mol. The summed E-state index contributed by atoms with van der Waals surface area (Å²) in [6, 6.07) is 12.2. The van der Waals surface area contributed by atoms with Gasteiger partial charge in [-0.15, -0.1) is 0 Å². The van der Waals surface area contributed by atoms with E-state index in [1.807, 2.05) is 56.3 Å². The van der Waals surface area contributed by atoms with Gasteiger partial charge in [0.05, 0.1) is 28.9 Å². The number of fused-ring (bicyclic) bond motifs is 1. The molecule has 8 heteroatoms. The summed E-state index contributed by atoms with van der Waals surface area (Å²) in [5.74, 6) is -0.631. The third-order valence-electron chi connectivity index (χ3n) is 5.38. The number of nitrogens with zero attached hydrogens (tertiary/aromatic N) is 2. The number of alkyl carbamates (subject to hydrolysis) is 1. The molecule has 7 nitrogen and oxygen atoms in total. The highest BCUT2D eigenvalue weighted by molar-refractivity contribution is 9.10. The maximum atomic E-state index is 13.3. The van der Waals surface area contributed by atoms with Gasteiger partial charge in [0.1, 0.15) is 12.1 Å². The predicted octanol–water partition coefficient (Wildman–Crippen LogP) is 3.85. The van der Waals surface area contributed by atoms with Crippen molar-refractivity contribution in [2.24, 2.45) is 5.92 Å². The van der Waals surface area contributed by atoms with Crippen molar-refractivity contribution in [3.05, 3.63) is 42.5 Å². The van der Waals surface area contributed by atoms with E-state index in [4.69, 9.17) is 0 Å². The third-order valence-corrected chi connectivity index (χ3v) is 6.12. The van der Waals surface area contributed by atoms with Crippen LogP contribution in [-0.4, -0.2) is 48.5 Å². The second-order valence-electron chi connectivity index (χ2n) is 7.66. The number of ether oxygens (including phenoxy) is 1. The first kappa shape index (κ1) is 22.1. The standard InChI is InChI=1S/C22H26BrN3O4/c1-14(2)19(24-22(29)30-3)21(28)25-13-7-12-18(25)20(27)26(23)17-11-6-9-15-8-4-5-10-16(15)17/h4-6,8-11,14,18-19H,7,12-13H2,1-3H3,(H,24,29). The van der Waals surface area contributed by atoms with E-state index in [0.717, 1.165) is 22.9 Å². The molecule has 0 aliphatic carbocycles. The molecule has 0 radical (unpaired) electrons. The van der Waals surface area contributed by atoms with E-state index in [0.29, 0.717) is 13.0 Å². The molecule has 1 aliphatic rings. The zero-order chi connectivity index (χ0) is 21.8. The molecule has 1 fully saturated rings. The number of halogens is 1. The molecule has 2 atom stereocenters. The van der Waals surface area contributed by atoms with Crippen LogP contribution in [0.4, 0.5) is 10.5 Å². The normalized spacial score (nSPS) is 17.1. The minimum absolute atomic E-state index is 0.147. The summed E-state index contributed by atoms with van der Waals surface area (Å²) in [6.45, 7) is 4.16. The van der Waals surface area contributed by atoms with Gasteiger partial charge in [0.25, 0.3) is 5.91 Å². The zero-order valence-electron chi connectivity index (χ0n) is 17.3. The Hall–Kier alpha value is -2.61. The van der Waals surface area contributed by atoms with E-state index >= 15 is 0 Å². The number of rotatable bonds is 5. The number of anilines is 1. The average molecular weight is 476 g/mol. The fourth-order valence-corrected chi connectivity index (χ4v) is 4.34. The number of hydrogen-bond acceptors (Lipinski definition) is 4. The van der Waals surface area contributed by atoms with Gasteiger partial charge in [-0.1, -0.05) is 50.2 Å². The van der Waals surface area contributed by atoms with Crippen LogP contribution in [0.5, 0.6) is 0 Å². The Morgan fingerprint density at radius 3 is 2.57 bits per heavy atom. The number of methoxy groups -OCH3 is 1. The van der Waals surface area contributed by atoms with E-state index in [1.54, 1.807) is 4.90 Å². The molecule has 1 saturated heterocycles. The number of amides is 3. The predicted molar refractivity (Wildman–Crippen MR) is 119 cm³/mol. The van der Waals surface area contributed by atoms with Crippen molar-refractivity contribution in [3.63, 3.8) is 0 Å². The van der Waals surface area contributed by atoms with Crippen LogP contribution >= 0.6 is 16.1 Å². The van der Waals surface area contributed by atoms with Crippen molar-refractivity contribution >= 4 is 50.5 Å². The zero-order valence-corrected chi connectivity index (χ0v) is 18.9. The van der Waals surface area contributed by atoms with Gasteiger partial charge in [0.15, 0.2) is 0 Å². The van der Waals surface area contributed by atoms with Crippen molar-refractivity contribution in [1.82, 2.24) is 10.2 Å². The van der Waals surface area contributed by atoms with Gasteiger partial charge in [-0.05, 0) is 30.2 Å². The van der Waals surface area contributed by atoms with E-state index in [2.05, 4.69) is 26.2 Å². The average Bonchev–Trinajstić information content (AvgIpc) is 3.25. The monoisotopic (exact) mass is 475 g/mol. The van der Waals surface area contributed by atoms with Crippen molar-refractivity contribution in [3.8, 4) is 0 Å². The highest BCUT2D eigenvalue weighted by Crippen LogP contribution is 2.31. The molecule has 3 amide bonds. The molecular formula is C22H26BrN3O4. The lowest BCUT2D eigenvalue weighted by Gasteiger charge is -2.31. The highest BCUT2D eigenvalue weighted by atomic mass is 79.9. The van der Waals surface area contributed by atoms with Crippen molar-refractivity contribution in [2.45, 2.75) is 38.8 Å². The minimum Gasteiger partial charge on any atom is -0.453 e. The number of benzene rings is 2. The van der Waals surface area contributed by atoms with Gasteiger partial charge >= 0.3 is 6.09 Å². The molecule has 1 N–H and O–H groups in total. The molecule has 160 valence electrons. The van der Waals surface area contributed by atoms with Crippen LogP contribution in [0, 0.1) is 5.92 Å². The maximum Gasteiger partial charge on any atom is 0.407 e. The van der Waals surface area contributed by atoms with Gasteiger partial charge in [-0.2, -0.15) is 0 Å². The summed E-state index contributed by atoms with van der Waals surface area (Å²) < 4.78 is 6.10. The second kappa shape index (κ2) is 9.47. The Kier molecular flexibility index (Phi) is 6.97. The molecule has 30 heavy (non-hydrogen) atoms. The molecule has 0 saturated carbocycles. The maximum absolute atomic E-state index is 13.3. The van der Waals surface area contributed by atoms with Crippen LogP contribution in [0.1, 0.15) is 26.7 Å². The molecule has 0 aromatic heterocycles. The van der Waals surface area contributed by atoms with E-state index < -0.39 is 18.2 Å². The Morgan fingerprint density at radius 1 is 1.17 bits per heavy atom. The summed E-state index contributed by atoms with van der Waals surface area (Å²) in [4.78, 5) is 39.8. The highest BCUT2D eigenvalue weighted by Gasteiger charge is 2.40. The smallest absolute Gasteiger partial charge is 0.407 e. The largest absolute Gasteiger partial charge is 0.453 e. The topological polar surface area (TPSA) is 79.0 Å². The number of nitrogens with one attached hydrogen (secondary N) is 1. The van der Waals surface area contributed by atoms with Crippen molar-refractivity contribution in [2.75, 3.05) is 17.6 Å². The first-order valence-electron chi connectivity index (χ1n) is 9.97. The lowest BCUT2D eigenvalue weighted by molar-refractivity contribution is -0.139. The summed E-state index contributed by atoms with van der Waals surface area (Å²) in [5.41, 5.74) is 0.727. The summed E-state index contributed by atoms with van der Waals surface area (Å²) in [5, 5.41) is 4.56. The third kappa shape index (κ3) is 4.43. The number of hydrogen-bond donors (Lipinski definition) is 1. The van der Waals surface area contributed by atoms with Crippen LogP contribution in [0.15, 0.2) is 42.5 Å². The van der Waals surface area contributed by atoms with Crippen LogP contribution in [-0.2, 0) is 14.3 Å². The van der Waals surface area contributed by atoms with Crippen LogP contribution in [0.2, 0.25) is 0 Å². The fraction of sp³-hybridized carbons (Fsp3) is 0.409. The summed E-state index contributed by atoms with van der Waals surface area (Å²) in [7, 11) is 1.26. The molecule has 2 aromatic rings. The van der Waals surface area contributed by atoms with Gasteiger partial charge in [-0.3, -0.25) is 9.59 Å². The molecule has 1 heterocycles. The molecule has 1 aliphatic heterocycles. The molecule has 0 spiro atoms. The molecule has 2 aromatic carbocycles. The van der Waals surface area contributed by atoms with E-state index in [1.165, 1.54) is 11.0 Å². The van der Waals surface area contributed by atoms with Crippen LogP contribution in [0.25, 0.3) is 10.8 Å². The summed E-state index contributed by atoms with van der Waals surface area (Å²) in [6.07, 6.45) is 0.629. The van der Waals surface area contributed by atoms with Crippen molar-refractivity contribution in [1.29, 1.82) is 0 Å².